The van der Waals surface area contributed by atoms with Gasteiger partial charge in [-0.25, -0.2) is 9.13 Å². The molecule has 0 aliphatic heterocycles. The standard InChI is InChI=1S/C103H174O16P2/c1-4-7-10-13-16-19-22-25-28-31-34-37-40-43-45-47-48-50-52-54-56-59-62-65-68-71-74-77-80-83-86-89-101(106)113-92-98(104)93-115-120(109,110)116-94-99(105)95-117-121(111,112)118-97-100(119-103(108)91-88-85-82-79-76-73-70-67-64-61-58-53-42-39-36-33-30-27-24-21-18-15-12-9-6-3)96-114-102(107)90-87-84-81-78-75-72-69-66-63-60-57-55-51-49-46-44-41-38-35-32-29-26-23-20-17-14-11-8-5-2/h7-8,10-11,16-21,25-30,34-39,43-46,51,53,55,58,98-100,104-105H,4-6,9,12-15,22-24,31-33,40-42,47-50,52,54,56-57,59-97H2,1-3H3,(H,109,110)(H,111,112)/b10-7-,11-8-,19-16-,20-17-,21-18-,28-25-,29-26-,30-27-,37-34-,38-35-,39-36-,45-43-,46-44-,55-51-,58-53-. The number of aliphatic hydroxyl groups excluding tert-OH is 2. The number of allylic oxidation sites excluding steroid dienone is 30. The van der Waals surface area contributed by atoms with E-state index >= 15 is 0 Å². The molecule has 0 aromatic heterocycles. The zero-order valence-corrected chi connectivity index (χ0v) is 78.2. The lowest BCUT2D eigenvalue weighted by Gasteiger charge is -2.21. The normalized spacial score (nSPS) is 14.5. The molecule has 5 atom stereocenters. The summed E-state index contributed by atoms with van der Waals surface area (Å²) >= 11 is 0. The van der Waals surface area contributed by atoms with Crippen LogP contribution in [0.25, 0.3) is 0 Å². The molecule has 121 heavy (non-hydrogen) atoms. The molecule has 0 amide bonds. The lowest BCUT2D eigenvalue weighted by Crippen LogP contribution is -2.30. The number of aliphatic hydroxyl groups is 2. The summed E-state index contributed by atoms with van der Waals surface area (Å²) in [7, 11) is -9.82. The van der Waals surface area contributed by atoms with E-state index in [1.807, 2.05) is 0 Å². The van der Waals surface area contributed by atoms with Crippen LogP contribution in [0, 0.1) is 0 Å². The molecule has 0 saturated heterocycles. The second kappa shape index (κ2) is 93.8. The fourth-order valence-corrected chi connectivity index (χ4v) is 14.5. The third-order valence-electron chi connectivity index (χ3n) is 20.1. The summed E-state index contributed by atoms with van der Waals surface area (Å²) in [5.41, 5.74) is 0. The predicted octanol–water partition coefficient (Wildman–Crippen LogP) is 30.0. The van der Waals surface area contributed by atoms with Gasteiger partial charge in [0.1, 0.15) is 25.4 Å². The maximum Gasteiger partial charge on any atom is 0.472 e. The Kier molecular flexibility index (Phi) is 89.6. The monoisotopic (exact) mass is 1730 g/mol. The Morgan fingerprint density at radius 1 is 0.240 bits per heavy atom. The van der Waals surface area contributed by atoms with E-state index in [0.717, 1.165) is 173 Å². The third kappa shape index (κ3) is 95.2. The summed E-state index contributed by atoms with van der Waals surface area (Å²) < 4.78 is 61.6. The molecule has 0 aromatic rings. The summed E-state index contributed by atoms with van der Waals surface area (Å²) in [6.07, 6.45) is 124. The zero-order chi connectivity index (χ0) is 87.9. The van der Waals surface area contributed by atoms with Crippen molar-refractivity contribution in [3.8, 4) is 0 Å². The predicted molar refractivity (Wildman–Crippen MR) is 509 cm³/mol. The maximum absolute atomic E-state index is 13.1. The molecule has 0 aromatic carbocycles. The number of ether oxygens (including phenoxy) is 3. The van der Waals surface area contributed by atoms with Crippen molar-refractivity contribution in [2.75, 3.05) is 39.6 Å². The number of hydrogen-bond acceptors (Lipinski definition) is 14. The second-order valence-corrected chi connectivity index (χ2v) is 34.7. The molecule has 5 unspecified atom stereocenters. The smallest absolute Gasteiger partial charge is 0.463 e. The van der Waals surface area contributed by atoms with Crippen LogP contribution in [0.1, 0.15) is 393 Å². The summed E-state index contributed by atoms with van der Waals surface area (Å²) in [5, 5.41) is 20.8. The van der Waals surface area contributed by atoms with Gasteiger partial charge >= 0.3 is 33.6 Å². The van der Waals surface area contributed by atoms with Crippen LogP contribution in [-0.4, -0.2) is 95.9 Å². The van der Waals surface area contributed by atoms with E-state index in [2.05, 4.69) is 203 Å². The van der Waals surface area contributed by atoms with Crippen molar-refractivity contribution in [2.45, 2.75) is 411 Å². The van der Waals surface area contributed by atoms with Gasteiger partial charge in [-0.05, 0) is 161 Å². The van der Waals surface area contributed by atoms with Crippen molar-refractivity contribution in [1.82, 2.24) is 0 Å². The molecule has 0 aliphatic rings. The lowest BCUT2D eigenvalue weighted by atomic mass is 10.0. The van der Waals surface area contributed by atoms with Crippen LogP contribution in [0.5, 0.6) is 0 Å². The van der Waals surface area contributed by atoms with Crippen LogP contribution >= 0.6 is 15.6 Å². The Bertz CT molecular complexity index is 2930. The number of phosphoric acid groups is 2. The fourth-order valence-electron chi connectivity index (χ4n) is 12.9. The zero-order valence-electron chi connectivity index (χ0n) is 76.4. The highest BCUT2D eigenvalue weighted by atomic mass is 31.2. The molecule has 0 spiro atoms. The minimum Gasteiger partial charge on any atom is -0.463 e. The van der Waals surface area contributed by atoms with E-state index in [9.17, 15) is 43.5 Å². The molecule has 0 fully saturated rings. The minimum atomic E-state index is -4.95. The Balaban J connectivity index is 4.64. The van der Waals surface area contributed by atoms with Crippen LogP contribution in [0.3, 0.4) is 0 Å². The third-order valence-corrected chi connectivity index (χ3v) is 22.0. The number of carbonyl (C=O) groups is 3. The average Bonchev–Trinajstić information content (AvgIpc) is 0.873. The van der Waals surface area contributed by atoms with E-state index in [1.165, 1.54) is 161 Å². The van der Waals surface area contributed by atoms with Crippen LogP contribution in [0.15, 0.2) is 182 Å². The van der Waals surface area contributed by atoms with Crippen LogP contribution in [0.2, 0.25) is 0 Å². The van der Waals surface area contributed by atoms with Gasteiger partial charge in [-0.3, -0.25) is 32.5 Å². The lowest BCUT2D eigenvalue weighted by molar-refractivity contribution is -0.161. The summed E-state index contributed by atoms with van der Waals surface area (Å²) in [6, 6.07) is 0. The van der Waals surface area contributed by atoms with Crippen LogP contribution in [-0.2, 0) is 55.8 Å². The summed E-state index contributed by atoms with van der Waals surface area (Å²) in [5.74, 6) is -1.58. The van der Waals surface area contributed by atoms with Crippen molar-refractivity contribution in [1.29, 1.82) is 0 Å². The number of carbonyl (C=O) groups excluding carboxylic acids is 3. The van der Waals surface area contributed by atoms with E-state index in [4.69, 9.17) is 32.3 Å². The molecule has 0 bridgehead atoms. The minimum absolute atomic E-state index is 0.0917. The summed E-state index contributed by atoms with van der Waals surface area (Å²) in [4.78, 5) is 59.1. The molecule has 0 aliphatic carbocycles. The topological polar surface area (TPSA) is 231 Å². The van der Waals surface area contributed by atoms with Gasteiger partial charge in [0.2, 0.25) is 0 Å². The first-order valence-corrected chi connectivity index (χ1v) is 51.1. The van der Waals surface area contributed by atoms with E-state index in [1.54, 1.807) is 0 Å². The molecule has 692 valence electrons. The van der Waals surface area contributed by atoms with E-state index < -0.39 is 91.5 Å². The van der Waals surface area contributed by atoms with Gasteiger partial charge in [0.15, 0.2) is 6.10 Å². The van der Waals surface area contributed by atoms with Gasteiger partial charge in [-0.1, -0.05) is 396 Å². The van der Waals surface area contributed by atoms with E-state index in [0.29, 0.717) is 19.3 Å². The highest BCUT2D eigenvalue weighted by Gasteiger charge is 2.30. The first kappa shape index (κ1) is 116. The molecule has 0 radical (unpaired) electrons. The second-order valence-electron chi connectivity index (χ2n) is 31.8. The number of rotatable bonds is 90. The molecule has 0 rings (SSSR count). The number of hydrogen-bond donors (Lipinski definition) is 4. The maximum atomic E-state index is 13.1. The Morgan fingerprint density at radius 3 is 0.694 bits per heavy atom. The van der Waals surface area contributed by atoms with E-state index in [-0.39, 0.29) is 19.3 Å². The van der Waals surface area contributed by atoms with Gasteiger partial charge in [0.05, 0.1) is 26.4 Å². The van der Waals surface area contributed by atoms with Gasteiger partial charge in [-0.2, -0.15) is 0 Å². The highest BCUT2D eigenvalue weighted by Crippen LogP contribution is 2.45. The summed E-state index contributed by atoms with van der Waals surface area (Å²) in [6.45, 7) is 2.46. The fraction of sp³-hybridized carbons (Fsp3) is 0.680. The Hall–Kier alpha value is -5.35. The van der Waals surface area contributed by atoms with Gasteiger partial charge in [0.25, 0.3) is 0 Å². The van der Waals surface area contributed by atoms with Crippen molar-refractivity contribution < 1.29 is 75.8 Å². The van der Waals surface area contributed by atoms with Gasteiger partial charge in [0, 0.05) is 19.3 Å². The SMILES string of the molecule is CC/C=C\C/C=C\C/C=C\C/C=C\C/C=C\C/C=C\CCCCCCCCCCCCC(=O)OCC(COP(=O)(O)OCC(O)COP(=O)(O)OCC(O)COC(=O)CCCCCCCCCCCCCCCCC/C=C\C/C=C\C/C=C\C/C=C\C/C=C\CC)OC(=O)CCCCCCCCCCC/C=C\C/C=C\C/C=C\C/C=C\CCCCC. The van der Waals surface area contributed by atoms with Crippen molar-refractivity contribution in [3.63, 3.8) is 0 Å². The first-order chi connectivity index (χ1) is 59.2. The molecular weight excluding hydrogens is 1560 g/mol. The molecule has 18 heteroatoms. The number of phosphoric ester groups is 2. The largest absolute Gasteiger partial charge is 0.472 e. The molecule has 4 N–H and O–H groups in total. The number of esters is 3. The van der Waals surface area contributed by atoms with Crippen molar-refractivity contribution in [3.05, 3.63) is 182 Å². The van der Waals surface area contributed by atoms with Crippen LogP contribution < -0.4 is 0 Å². The molecule has 0 heterocycles. The van der Waals surface area contributed by atoms with Gasteiger partial charge in [-0.15, -0.1) is 0 Å². The molecule has 16 nitrogen and oxygen atoms in total. The van der Waals surface area contributed by atoms with Crippen molar-refractivity contribution >= 4 is 33.6 Å². The Labute approximate surface area is 738 Å². The van der Waals surface area contributed by atoms with Crippen molar-refractivity contribution in [2.24, 2.45) is 0 Å². The Morgan fingerprint density at radius 2 is 0.438 bits per heavy atom. The first-order valence-electron chi connectivity index (χ1n) is 48.1. The number of unbranched alkanes of at least 4 members (excludes halogenated alkanes) is 37. The molecule has 0 saturated carbocycles. The van der Waals surface area contributed by atoms with Gasteiger partial charge < -0.3 is 34.2 Å². The highest BCUT2D eigenvalue weighted by molar-refractivity contribution is 7.47. The molecular formula is C103H174O16P2. The van der Waals surface area contributed by atoms with Crippen LogP contribution in [0.4, 0.5) is 0 Å². The average molecular weight is 1730 g/mol. The quantitative estimate of drug-likeness (QED) is 0.0146.